The zero-order chi connectivity index (χ0) is 15.9. The molecule has 110 valence electrons. The normalized spacial score (nSPS) is 11.6. The van der Waals surface area contributed by atoms with Crippen LogP contribution in [0.1, 0.15) is 20.8 Å². The minimum absolute atomic E-state index is 0.0141. The van der Waals surface area contributed by atoms with Gasteiger partial charge in [-0.15, -0.1) is 0 Å². The molecule has 0 saturated heterocycles. The Balaban J connectivity index is 4.39. The van der Waals surface area contributed by atoms with Gasteiger partial charge in [-0.25, -0.2) is 0 Å². The van der Waals surface area contributed by atoms with E-state index in [1.165, 1.54) is 13.8 Å². The van der Waals surface area contributed by atoms with Gasteiger partial charge in [0.2, 0.25) is 0 Å². The van der Waals surface area contributed by atoms with E-state index in [-0.39, 0.29) is 6.61 Å². The Morgan fingerprint density at radius 3 is 2.29 bits per heavy atom. The molecule has 21 heavy (non-hydrogen) atoms. The highest BCUT2D eigenvalue weighted by Crippen LogP contribution is 1.98. The van der Waals surface area contributed by atoms with Crippen molar-refractivity contribution in [2.24, 2.45) is 0 Å². The summed E-state index contributed by atoms with van der Waals surface area (Å²) in [6.07, 6.45) is 9.46. The molecule has 0 aliphatic rings. The predicted molar refractivity (Wildman–Crippen MR) is 80.8 cm³/mol. The summed E-state index contributed by atoms with van der Waals surface area (Å²) in [6.45, 7) is 4.44. The van der Waals surface area contributed by atoms with E-state index >= 15 is 0 Å². The van der Waals surface area contributed by atoms with Gasteiger partial charge in [-0.05, 0) is 37.0 Å². The fourth-order valence-electron chi connectivity index (χ4n) is 1.07. The molecule has 0 fully saturated rings. The number of allylic oxidation sites excluding steroid dienone is 5. The minimum Gasteiger partial charge on any atom is -0.462 e. The fourth-order valence-corrected chi connectivity index (χ4v) is 1.07. The second kappa shape index (κ2) is 12.3. The molecule has 0 N–H and O–H groups in total. The van der Waals surface area contributed by atoms with Crippen LogP contribution in [0.25, 0.3) is 0 Å². The Labute approximate surface area is 125 Å². The van der Waals surface area contributed by atoms with Crippen molar-refractivity contribution < 1.29 is 19.1 Å². The van der Waals surface area contributed by atoms with Gasteiger partial charge in [0.1, 0.15) is 6.61 Å². The lowest BCUT2D eigenvalue weighted by atomic mass is 10.3. The molecule has 0 aromatic carbocycles. The lowest BCUT2D eigenvalue weighted by Gasteiger charge is -2.12. The van der Waals surface area contributed by atoms with Crippen LogP contribution in [0.3, 0.4) is 0 Å². The molecule has 0 aromatic rings. The first-order valence-corrected chi connectivity index (χ1v) is 6.32. The predicted octanol–water partition coefficient (Wildman–Crippen LogP) is 2.18. The summed E-state index contributed by atoms with van der Waals surface area (Å²) in [6, 6.07) is 0. The summed E-state index contributed by atoms with van der Waals surface area (Å²) in [5.41, 5.74) is 0. The Hall–Kier alpha value is -2.72. The van der Waals surface area contributed by atoms with Crippen molar-refractivity contribution in [2.45, 2.75) is 26.9 Å². The molecule has 1 atom stereocenters. The highest BCUT2D eigenvalue weighted by molar-refractivity contribution is 5.67. The van der Waals surface area contributed by atoms with Crippen molar-refractivity contribution in [1.82, 2.24) is 0 Å². The maximum absolute atomic E-state index is 10.9. The average Bonchev–Trinajstić information content (AvgIpc) is 2.42. The van der Waals surface area contributed by atoms with Gasteiger partial charge < -0.3 is 9.47 Å². The van der Waals surface area contributed by atoms with Crippen molar-refractivity contribution in [3.63, 3.8) is 0 Å². The molecule has 4 heteroatoms. The second-order valence-corrected chi connectivity index (χ2v) is 3.73. The van der Waals surface area contributed by atoms with E-state index in [0.29, 0.717) is 0 Å². The molecule has 0 amide bonds. The van der Waals surface area contributed by atoms with E-state index in [1.807, 2.05) is 13.0 Å². The second-order valence-electron chi connectivity index (χ2n) is 3.73. The zero-order valence-electron chi connectivity index (χ0n) is 12.4. The number of hydrogen-bond donors (Lipinski definition) is 0. The number of esters is 2. The number of carbonyl (C=O) groups is 2. The highest BCUT2D eigenvalue weighted by Gasteiger charge is 2.09. The van der Waals surface area contributed by atoms with E-state index in [4.69, 9.17) is 9.47 Å². The van der Waals surface area contributed by atoms with E-state index in [9.17, 15) is 9.59 Å². The summed E-state index contributed by atoms with van der Waals surface area (Å²) in [5.74, 6) is 9.87. The van der Waals surface area contributed by atoms with Gasteiger partial charge in [0.05, 0.1) is 0 Å². The average molecular weight is 286 g/mol. The maximum Gasteiger partial charge on any atom is 0.303 e. The molecule has 0 unspecified atom stereocenters. The van der Waals surface area contributed by atoms with Gasteiger partial charge in [0.25, 0.3) is 0 Å². The van der Waals surface area contributed by atoms with Crippen molar-refractivity contribution >= 4 is 11.9 Å². The summed E-state index contributed by atoms with van der Waals surface area (Å²) < 4.78 is 9.76. The zero-order valence-corrected chi connectivity index (χ0v) is 12.4. The number of carbonyl (C=O) groups excluding carboxylic acids is 2. The first-order chi connectivity index (χ1) is 10.1. The third-order valence-corrected chi connectivity index (χ3v) is 1.84. The monoisotopic (exact) mass is 286 g/mol. The van der Waals surface area contributed by atoms with Crippen LogP contribution in [-0.2, 0) is 19.1 Å². The van der Waals surface area contributed by atoms with Gasteiger partial charge in [-0.2, -0.15) is 0 Å². The Bertz CT molecular complexity index is 545. The largest absolute Gasteiger partial charge is 0.462 e. The molecule has 0 saturated carbocycles. The molecule has 0 radical (unpaired) electrons. The van der Waals surface area contributed by atoms with Crippen LogP contribution in [-0.4, -0.2) is 24.6 Å². The number of ether oxygens (including phenoxy) is 2. The molecule has 0 bridgehead atoms. The first-order valence-electron chi connectivity index (χ1n) is 6.32. The SMILES string of the molecule is CC=CC#CC#CC=CC=C[C@H](COC(C)=O)OC(C)=O. The Morgan fingerprint density at radius 1 is 1.05 bits per heavy atom. The summed E-state index contributed by atoms with van der Waals surface area (Å²) in [5, 5.41) is 0. The molecule has 0 heterocycles. The van der Waals surface area contributed by atoms with Gasteiger partial charge in [-0.3, -0.25) is 9.59 Å². The fraction of sp³-hybridized carbons (Fsp3) is 0.294. The number of hydrogen-bond acceptors (Lipinski definition) is 4. The van der Waals surface area contributed by atoms with Crippen LogP contribution in [0.2, 0.25) is 0 Å². The Morgan fingerprint density at radius 2 is 1.71 bits per heavy atom. The summed E-state index contributed by atoms with van der Waals surface area (Å²) in [7, 11) is 0. The van der Waals surface area contributed by atoms with Crippen LogP contribution in [0.15, 0.2) is 36.5 Å². The van der Waals surface area contributed by atoms with Gasteiger partial charge in [0.15, 0.2) is 6.10 Å². The molecule has 0 rings (SSSR count). The molecule has 0 aromatic heterocycles. The third kappa shape index (κ3) is 13.5. The van der Waals surface area contributed by atoms with E-state index in [2.05, 4.69) is 23.7 Å². The quantitative estimate of drug-likeness (QED) is 0.441. The maximum atomic E-state index is 10.9. The van der Waals surface area contributed by atoms with Crippen LogP contribution >= 0.6 is 0 Å². The molecule has 0 aliphatic heterocycles. The molecular formula is C17H18O4. The molecule has 0 spiro atoms. The smallest absolute Gasteiger partial charge is 0.303 e. The van der Waals surface area contributed by atoms with E-state index < -0.39 is 18.0 Å². The number of rotatable bonds is 5. The van der Waals surface area contributed by atoms with Crippen LogP contribution in [0.4, 0.5) is 0 Å². The van der Waals surface area contributed by atoms with E-state index in [0.717, 1.165) is 0 Å². The Kier molecular flexibility index (Phi) is 10.7. The van der Waals surface area contributed by atoms with Gasteiger partial charge in [0, 0.05) is 13.8 Å². The summed E-state index contributed by atoms with van der Waals surface area (Å²) in [4.78, 5) is 21.6. The van der Waals surface area contributed by atoms with Gasteiger partial charge in [-0.1, -0.05) is 30.1 Å². The van der Waals surface area contributed by atoms with Crippen LogP contribution < -0.4 is 0 Å². The van der Waals surface area contributed by atoms with Crippen molar-refractivity contribution in [1.29, 1.82) is 0 Å². The molecule has 0 aliphatic carbocycles. The van der Waals surface area contributed by atoms with E-state index in [1.54, 1.807) is 30.4 Å². The lowest BCUT2D eigenvalue weighted by Crippen LogP contribution is -2.21. The van der Waals surface area contributed by atoms with Crippen LogP contribution in [0, 0.1) is 23.7 Å². The summed E-state index contributed by atoms with van der Waals surface area (Å²) >= 11 is 0. The lowest BCUT2D eigenvalue weighted by molar-refractivity contribution is -0.153. The van der Waals surface area contributed by atoms with Crippen molar-refractivity contribution in [3.8, 4) is 23.7 Å². The molecular weight excluding hydrogens is 268 g/mol. The first kappa shape index (κ1) is 18.3. The van der Waals surface area contributed by atoms with Crippen molar-refractivity contribution in [3.05, 3.63) is 36.5 Å². The molecule has 4 nitrogen and oxygen atoms in total. The van der Waals surface area contributed by atoms with Crippen LogP contribution in [0.5, 0.6) is 0 Å². The van der Waals surface area contributed by atoms with Crippen molar-refractivity contribution in [2.75, 3.05) is 6.61 Å². The standard InChI is InChI=1S/C17H18O4/c1-4-5-6-7-8-9-10-11-12-13-17(21-16(3)19)14-20-15(2)18/h4-5,10-13,17H,14H2,1-3H3/t17-/m1/s1. The highest BCUT2D eigenvalue weighted by atomic mass is 16.6. The topological polar surface area (TPSA) is 52.6 Å². The van der Waals surface area contributed by atoms with Gasteiger partial charge >= 0.3 is 11.9 Å². The third-order valence-electron chi connectivity index (χ3n) is 1.84. The minimum atomic E-state index is -0.613.